The van der Waals surface area contributed by atoms with Crippen LogP contribution in [0.5, 0.6) is 0 Å². The van der Waals surface area contributed by atoms with Gasteiger partial charge in [0, 0.05) is 23.5 Å². The van der Waals surface area contributed by atoms with E-state index in [0.29, 0.717) is 18.5 Å². The van der Waals surface area contributed by atoms with Crippen LogP contribution in [-0.2, 0) is 14.6 Å². The van der Waals surface area contributed by atoms with Gasteiger partial charge >= 0.3 is 0 Å². The van der Waals surface area contributed by atoms with Crippen molar-refractivity contribution in [3.8, 4) is 0 Å². The fourth-order valence-corrected chi connectivity index (χ4v) is 6.06. The van der Waals surface area contributed by atoms with Crippen molar-refractivity contribution in [2.75, 3.05) is 18.8 Å². The molecule has 1 amide bonds. The molecule has 1 aliphatic rings. The van der Waals surface area contributed by atoms with Gasteiger partial charge in [-0.05, 0) is 36.4 Å². The van der Waals surface area contributed by atoms with Crippen molar-refractivity contribution in [1.82, 2.24) is 4.90 Å². The average Bonchev–Trinajstić information content (AvgIpc) is 3.06. The first-order valence-electron chi connectivity index (χ1n) is 8.25. The monoisotopic (exact) mass is 375 g/mol. The van der Waals surface area contributed by atoms with E-state index < -0.39 is 15.1 Å². The molecule has 6 heteroatoms. The molecule has 132 valence electrons. The number of hydrogen-bond donors (Lipinski definition) is 0. The summed E-state index contributed by atoms with van der Waals surface area (Å²) in [6.45, 7) is 2.50. The van der Waals surface area contributed by atoms with E-state index in [9.17, 15) is 13.2 Å². The van der Waals surface area contributed by atoms with Crippen LogP contribution in [0.1, 0.15) is 29.0 Å². The molecule has 1 saturated heterocycles. The molecule has 0 saturated carbocycles. The number of amides is 1. The number of nitrogens with zero attached hydrogens (tertiary/aromatic N) is 1. The Morgan fingerprint density at radius 1 is 1.16 bits per heavy atom. The van der Waals surface area contributed by atoms with Crippen LogP contribution in [0, 0.1) is 0 Å². The van der Waals surface area contributed by atoms with E-state index in [1.54, 1.807) is 11.8 Å². The summed E-state index contributed by atoms with van der Waals surface area (Å²) in [5.74, 6) is -0.0780. The first-order valence-corrected chi connectivity index (χ1v) is 10.8. The quantitative estimate of drug-likeness (QED) is 0.771. The van der Waals surface area contributed by atoms with Crippen molar-refractivity contribution in [3.05, 3.63) is 63.9 Å². The Bertz CT molecular complexity index is 855. The van der Waals surface area contributed by atoms with E-state index in [1.165, 1.54) is 11.3 Å². The van der Waals surface area contributed by atoms with E-state index in [-0.39, 0.29) is 18.2 Å². The maximum atomic E-state index is 12.7. The Balaban J connectivity index is 1.76. The normalized spacial score (nSPS) is 20.9. The predicted molar refractivity (Wildman–Crippen MR) is 102 cm³/mol. The molecule has 25 heavy (non-hydrogen) atoms. The van der Waals surface area contributed by atoms with Gasteiger partial charge in [0.2, 0.25) is 5.91 Å². The molecule has 2 heterocycles. The van der Waals surface area contributed by atoms with E-state index in [2.05, 4.69) is 0 Å². The Morgan fingerprint density at radius 3 is 2.60 bits per heavy atom. The lowest BCUT2D eigenvalue weighted by Crippen LogP contribution is -2.34. The minimum absolute atomic E-state index is 0.0138. The fraction of sp³-hybridized carbons (Fsp3) is 0.316. The third-order valence-electron chi connectivity index (χ3n) is 4.41. The second-order valence-electron chi connectivity index (χ2n) is 6.19. The molecule has 0 N–H and O–H groups in total. The minimum Gasteiger partial charge on any atom is -0.338 e. The zero-order valence-electron chi connectivity index (χ0n) is 14.1. The third-order valence-corrected chi connectivity index (χ3v) is 7.65. The number of carbonyl (C=O) groups excluding carboxylic acids is 1. The summed E-state index contributed by atoms with van der Waals surface area (Å²) in [6.07, 6.45) is 2.30. The van der Waals surface area contributed by atoms with Gasteiger partial charge in [-0.25, -0.2) is 8.42 Å². The first kappa shape index (κ1) is 17.9. The number of benzene rings is 1. The highest BCUT2D eigenvalue weighted by atomic mass is 32.2. The number of rotatable bonds is 3. The predicted octanol–water partition coefficient (Wildman–Crippen LogP) is 3.54. The molecule has 0 spiro atoms. The van der Waals surface area contributed by atoms with Gasteiger partial charge in [-0.3, -0.25) is 4.79 Å². The highest BCUT2D eigenvalue weighted by Gasteiger charge is 2.33. The van der Waals surface area contributed by atoms with Gasteiger partial charge in [0.25, 0.3) is 0 Å². The van der Waals surface area contributed by atoms with Gasteiger partial charge in [0.05, 0.1) is 11.0 Å². The molecular weight excluding hydrogens is 354 g/mol. The van der Waals surface area contributed by atoms with E-state index in [0.717, 1.165) is 10.4 Å². The molecule has 4 nitrogen and oxygen atoms in total. The SMILES string of the molecule is C/C(=C\c1ccccc1)C(=O)N1CCC(c2cccs2)S(=O)(=O)CC1. The summed E-state index contributed by atoms with van der Waals surface area (Å²) in [4.78, 5) is 15.3. The van der Waals surface area contributed by atoms with Gasteiger partial charge < -0.3 is 4.90 Å². The molecular formula is C19H21NO3S2. The lowest BCUT2D eigenvalue weighted by molar-refractivity contribution is -0.126. The van der Waals surface area contributed by atoms with E-state index >= 15 is 0 Å². The van der Waals surface area contributed by atoms with Crippen LogP contribution in [0.25, 0.3) is 6.08 Å². The molecule has 1 aromatic carbocycles. The Hall–Kier alpha value is -1.92. The second-order valence-corrected chi connectivity index (χ2v) is 9.47. The molecule has 1 fully saturated rings. The third kappa shape index (κ3) is 4.19. The van der Waals surface area contributed by atoms with Gasteiger partial charge in [0.1, 0.15) is 0 Å². The standard InChI is InChI=1S/C19H21NO3S2/c1-15(14-16-6-3-2-4-7-16)19(21)20-10-9-18(17-8-5-12-24-17)25(22,23)13-11-20/h2-8,12,14,18H,9-11,13H2,1H3/b15-14+. The van der Waals surface area contributed by atoms with Crippen LogP contribution in [0.15, 0.2) is 53.4 Å². The smallest absolute Gasteiger partial charge is 0.249 e. The van der Waals surface area contributed by atoms with Crippen LogP contribution in [0.3, 0.4) is 0 Å². The average molecular weight is 376 g/mol. The Labute approximate surface area is 152 Å². The van der Waals surface area contributed by atoms with Crippen molar-refractivity contribution in [3.63, 3.8) is 0 Å². The van der Waals surface area contributed by atoms with Crippen LogP contribution in [0.2, 0.25) is 0 Å². The Morgan fingerprint density at radius 2 is 1.92 bits per heavy atom. The second kappa shape index (κ2) is 7.54. The maximum absolute atomic E-state index is 12.7. The van der Waals surface area contributed by atoms with Crippen molar-refractivity contribution < 1.29 is 13.2 Å². The summed E-state index contributed by atoms with van der Waals surface area (Å²) in [7, 11) is -3.24. The minimum atomic E-state index is -3.24. The van der Waals surface area contributed by atoms with Gasteiger partial charge in [-0.2, -0.15) is 0 Å². The van der Waals surface area contributed by atoms with Gasteiger partial charge in [0.15, 0.2) is 9.84 Å². The van der Waals surface area contributed by atoms with Crippen molar-refractivity contribution in [2.24, 2.45) is 0 Å². The molecule has 3 rings (SSSR count). The fourth-order valence-electron chi connectivity index (χ4n) is 3.05. The number of hydrogen-bond acceptors (Lipinski definition) is 4. The molecule has 1 aliphatic heterocycles. The molecule has 0 aliphatic carbocycles. The zero-order valence-corrected chi connectivity index (χ0v) is 15.7. The molecule has 1 aromatic heterocycles. The van der Waals surface area contributed by atoms with Crippen LogP contribution >= 0.6 is 11.3 Å². The molecule has 0 radical (unpaired) electrons. The molecule has 1 unspecified atom stereocenters. The largest absolute Gasteiger partial charge is 0.338 e. The van der Waals surface area contributed by atoms with Crippen LogP contribution in [-0.4, -0.2) is 38.1 Å². The number of carbonyl (C=O) groups is 1. The topological polar surface area (TPSA) is 54.5 Å². The van der Waals surface area contributed by atoms with E-state index in [4.69, 9.17) is 0 Å². The van der Waals surface area contributed by atoms with Gasteiger partial charge in [-0.15, -0.1) is 11.3 Å². The molecule has 1 atom stereocenters. The van der Waals surface area contributed by atoms with Crippen LogP contribution < -0.4 is 0 Å². The van der Waals surface area contributed by atoms with Crippen LogP contribution in [0.4, 0.5) is 0 Å². The lowest BCUT2D eigenvalue weighted by Gasteiger charge is -2.20. The van der Waals surface area contributed by atoms with Gasteiger partial charge in [-0.1, -0.05) is 36.4 Å². The summed E-state index contributed by atoms with van der Waals surface area (Å²) in [5, 5.41) is 1.40. The summed E-state index contributed by atoms with van der Waals surface area (Å²) in [6, 6.07) is 13.4. The summed E-state index contributed by atoms with van der Waals surface area (Å²) in [5.41, 5.74) is 1.59. The lowest BCUT2D eigenvalue weighted by atomic mass is 10.1. The maximum Gasteiger partial charge on any atom is 0.249 e. The number of thiophene rings is 1. The first-order chi connectivity index (χ1) is 12.0. The van der Waals surface area contributed by atoms with Crippen molar-refractivity contribution in [2.45, 2.75) is 18.6 Å². The summed E-state index contributed by atoms with van der Waals surface area (Å²) >= 11 is 1.46. The van der Waals surface area contributed by atoms with Crippen molar-refractivity contribution >= 4 is 33.2 Å². The highest BCUT2D eigenvalue weighted by molar-refractivity contribution is 7.91. The zero-order chi connectivity index (χ0) is 17.9. The Kier molecular flexibility index (Phi) is 5.39. The summed E-state index contributed by atoms with van der Waals surface area (Å²) < 4.78 is 25.2. The highest BCUT2D eigenvalue weighted by Crippen LogP contribution is 2.32. The molecule has 0 bridgehead atoms. The van der Waals surface area contributed by atoms with E-state index in [1.807, 2.05) is 53.9 Å². The number of sulfone groups is 1. The molecule has 2 aromatic rings. The van der Waals surface area contributed by atoms with Crippen molar-refractivity contribution in [1.29, 1.82) is 0 Å².